The standard InChI is InChI=1S/C20H28N2O5S/c1-5-28(24,25)22(4)12-6-11-21-20(23)19-10-8-17(27-19)14-26-18-9-7-15(2)13-16(18)3/h7-10,13H,5-6,11-12,14H2,1-4H3,(H,21,23). The number of aryl methyl sites for hydroxylation is 2. The van der Waals surface area contributed by atoms with Crippen LogP contribution in [0.5, 0.6) is 5.75 Å². The topological polar surface area (TPSA) is 88.9 Å². The van der Waals surface area contributed by atoms with Crippen LogP contribution in [-0.4, -0.2) is 44.5 Å². The Bertz CT molecular complexity index is 905. The second-order valence-electron chi connectivity index (χ2n) is 6.66. The molecule has 0 spiro atoms. The van der Waals surface area contributed by atoms with Gasteiger partial charge in [0.15, 0.2) is 5.76 Å². The molecule has 1 aromatic carbocycles. The number of hydrogen-bond acceptors (Lipinski definition) is 5. The van der Waals surface area contributed by atoms with Crippen LogP contribution in [0.1, 0.15) is 40.8 Å². The Kier molecular flexibility index (Phi) is 7.65. The van der Waals surface area contributed by atoms with Crippen molar-refractivity contribution in [1.29, 1.82) is 0 Å². The lowest BCUT2D eigenvalue weighted by atomic mass is 10.1. The van der Waals surface area contributed by atoms with Crippen molar-refractivity contribution in [2.75, 3.05) is 25.9 Å². The van der Waals surface area contributed by atoms with E-state index in [0.29, 0.717) is 25.3 Å². The first-order valence-electron chi connectivity index (χ1n) is 9.24. The van der Waals surface area contributed by atoms with E-state index in [1.807, 2.05) is 32.0 Å². The van der Waals surface area contributed by atoms with E-state index >= 15 is 0 Å². The lowest BCUT2D eigenvalue weighted by molar-refractivity contribution is 0.0921. The molecule has 2 rings (SSSR count). The zero-order valence-electron chi connectivity index (χ0n) is 16.8. The number of furan rings is 1. The third-order valence-corrected chi connectivity index (χ3v) is 6.22. The van der Waals surface area contributed by atoms with Gasteiger partial charge in [0.1, 0.15) is 18.1 Å². The van der Waals surface area contributed by atoms with Crippen molar-refractivity contribution in [3.05, 3.63) is 53.0 Å². The molecule has 0 aliphatic heterocycles. The molecule has 0 bridgehead atoms. The van der Waals surface area contributed by atoms with E-state index in [1.54, 1.807) is 19.1 Å². The van der Waals surface area contributed by atoms with Crippen molar-refractivity contribution in [3.8, 4) is 5.75 Å². The molecule has 1 N–H and O–H groups in total. The van der Waals surface area contributed by atoms with Gasteiger partial charge in [-0.25, -0.2) is 12.7 Å². The normalized spacial score (nSPS) is 11.6. The molecule has 0 radical (unpaired) electrons. The van der Waals surface area contributed by atoms with Gasteiger partial charge in [-0.1, -0.05) is 17.7 Å². The number of hydrogen-bond donors (Lipinski definition) is 1. The maximum Gasteiger partial charge on any atom is 0.286 e. The van der Waals surface area contributed by atoms with Gasteiger partial charge in [0.25, 0.3) is 5.91 Å². The van der Waals surface area contributed by atoms with Crippen LogP contribution in [0.4, 0.5) is 0 Å². The summed E-state index contributed by atoms with van der Waals surface area (Å²) in [5.41, 5.74) is 2.21. The first-order valence-corrected chi connectivity index (χ1v) is 10.8. The molecule has 0 saturated heterocycles. The second kappa shape index (κ2) is 9.75. The van der Waals surface area contributed by atoms with E-state index < -0.39 is 10.0 Å². The number of amides is 1. The van der Waals surface area contributed by atoms with E-state index in [1.165, 1.54) is 16.9 Å². The van der Waals surface area contributed by atoms with Crippen LogP contribution < -0.4 is 10.1 Å². The Morgan fingerprint density at radius 2 is 1.96 bits per heavy atom. The van der Waals surface area contributed by atoms with Crippen LogP contribution >= 0.6 is 0 Å². The highest BCUT2D eigenvalue weighted by Crippen LogP contribution is 2.20. The summed E-state index contributed by atoms with van der Waals surface area (Å²) in [6, 6.07) is 9.24. The Hall–Kier alpha value is -2.32. The summed E-state index contributed by atoms with van der Waals surface area (Å²) in [4.78, 5) is 12.1. The van der Waals surface area contributed by atoms with Crippen molar-refractivity contribution in [1.82, 2.24) is 9.62 Å². The number of benzene rings is 1. The number of ether oxygens (including phenoxy) is 1. The Morgan fingerprint density at radius 1 is 1.21 bits per heavy atom. The van der Waals surface area contributed by atoms with Gasteiger partial charge in [0.05, 0.1) is 5.75 Å². The molecule has 1 heterocycles. The van der Waals surface area contributed by atoms with Gasteiger partial charge in [-0.05, 0) is 51.0 Å². The summed E-state index contributed by atoms with van der Waals surface area (Å²) in [7, 11) is -1.66. The van der Waals surface area contributed by atoms with Crippen LogP contribution in [0.3, 0.4) is 0 Å². The molecule has 0 aliphatic carbocycles. The van der Waals surface area contributed by atoms with Gasteiger partial charge in [-0.3, -0.25) is 4.79 Å². The molecule has 0 saturated carbocycles. The largest absolute Gasteiger partial charge is 0.485 e. The van der Waals surface area contributed by atoms with Crippen molar-refractivity contribution in [2.24, 2.45) is 0 Å². The fourth-order valence-corrected chi connectivity index (χ4v) is 3.49. The molecule has 2 aromatic rings. The first kappa shape index (κ1) is 22.0. The van der Waals surface area contributed by atoms with Gasteiger partial charge in [0, 0.05) is 20.1 Å². The van der Waals surface area contributed by atoms with Gasteiger partial charge < -0.3 is 14.5 Å². The predicted molar refractivity (Wildman–Crippen MR) is 108 cm³/mol. The SMILES string of the molecule is CCS(=O)(=O)N(C)CCCNC(=O)c1ccc(COc2ccc(C)cc2C)o1. The number of carbonyl (C=O) groups excluding carboxylic acids is 1. The number of nitrogens with zero attached hydrogens (tertiary/aromatic N) is 1. The van der Waals surface area contributed by atoms with Crippen molar-refractivity contribution in [3.63, 3.8) is 0 Å². The molecule has 0 unspecified atom stereocenters. The minimum absolute atomic E-state index is 0.0647. The summed E-state index contributed by atoms with van der Waals surface area (Å²) < 4.78 is 35.9. The average molecular weight is 409 g/mol. The fraction of sp³-hybridized carbons (Fsp3) is 0.450. The van der Waals surface area contributed by atoms with Crippen LogP contribution in [0.25, 0.3) is 0 Å². The van der Waals surface area contributed by atoms with E-state index in [0.717, 1.165) is 11.3 Å². The maximum absolute atomic E-state index is 12.1. The zero-order valence-corrected chi connectivity index (χ0v) is 17.6. The second-order valence-corrected chi connectivity index (χ2v) is 9.02. The summed E-state index contributed by atoms with van der Waals surface area (Å²) in [6.07, 6.45) is 0.519. The van der Waals surface area contributed by atoms with Gasteiger partial charge in [-0.2, -0.15) is 0 Å². The quantitative estimate of drug-likeness (QED) is 0.611. The average Bonchev–Trinajstić information content (AvgIpc) is 3.13. The summed E-state index contributed by atoms with van der Waals surface area (Å²) in [5, 5.41) is 2.73. The lowest BCUT2D eigenvalue weighted by Gasteiger charge is -2.15. The van der Waals surface area contributed by atoms with E-state index in [4.69, 9.17) is 9.15 Å². The minimum atomic E-state index is -3.19. The molecule has 1 amide bonds. The highest BCUT2D eigenvalue weighted by molar-refractivity contribution is 7.89. The fourth-order valence-electron chi connectivity index (χ4n) is 2.64. The molecule has 0 atom stereocenters. The Labute approximate surface area is 166 Å². The molecule has 1 aromatic heterocycles. The van der Waals surface area contributed by atoms with E-state index in [2.05, 4.69) is 5.32 Å². The highest BCUT2D eigenvalue weighted by atomic mass is 32.2. The molecule has 0 fully saturated rings. The molecule has 8 heteroatoms. The smallest absolute Gasteiger partial charge is 0.286 e. The Balaban J connectivity index is 1.79. The number of sulfonamides is 1. The summed E-state index contributed by atoms with van der Waals surface area (Å²) >= 11 is 0. The van der Waals surface area contributed by atoms with E-state index in [9.17, 15) is 13.2 Å². The lowest BCUT2D eigenvalue weighted by Crippen LogP contribution is -2.32. The molecule has 154 valence electrons. The third kappa shape index (κ3) is 6.10. The summed E-state index contributed by atoms with van der Waals surface area (Å²) in [5.74, 6) is 1.26. The van der Waals surface area contributed by atoms with Crippen molar-refractivity contribution >= 4 is 15.9 Å². The Morgan fingerprint density at radius 3 is 2.64 bits per heavy atom. The maximum atomic E-state index is 12.1. The molecular formula is C20H28N2O5S. The van der Waals surface area contributed by atoms with Gasteiger partial charge in [0.2, 0.25) is 10.0 Å². The van der Waals surface area contributed by atoms with Gasteiger partial charge in [-0.15, -0.1) is 0 Å². The zero-order chi connectivity index (χ0) is 20.7. The van der Waals surface area contributed by atoms with Gasteiger partial charge >= 0.3 is 0 Å². The molecular weight excluding hydrogens is 380 g/mol. The minimum Gasteiger partial charge on any atom is -0.485 e. The van der Waals surface area contributed by atoms with E-state index in [-0.39, 0.29) is 24.0 Å². The predicted octanol–water partition coefficient (Wildman–Crippen LogP) is 2.88. The molecule has 0 aliphatic rings. The third-order valence-electron chi connectivity index (χ3n) is 4.36. The van der Waals surface area contributed by atoms with Crippen LogP contribution in [-0.2, 0) is 16.6 Å². The summed E-state index contributed by atoms with van der Waals surface area (Å²) in [6.45, 7) is 6.55. The van der Waals surface area contributed by atoms with Crippen LogP contribution in [0.2, 0.25) is 0 Å². The number of carbonyl (C=O) groups is 1. The number of nitrogens with one attached hydrogen (secondary N) is 1. The highest BCUT2D eigenvalue weighted by Gasteiger charge is 2.15. The monoisotopic (exact) mass is 408 g/mol. The van der Waals surface area contributed by atoms with Crippen LogP contribution in [0.15, 0.2) is 34.7 Å². The number of rotatable bonds is 10. The van der Waals surface area contributed by atoms with Crippen LogP contribution in [0, 0.1) is 13.8 Å². The van der Waals surface area contributed by atoms with Crippen molar-refractivity contribution < 1.29 is 22.4 Å². The molecule has 7 nitrogen and oxygen atoms in total. The first-order chi connectivity index (χ1) is 13.2. The van der Waals surface area contributed by atoms with Crippen molar-refractivity contribution in [2.45, 2.75) is 33.8 Å². The molecule has 28 heavy (non-hydrogen) atoms.